The Hall–Kier alpha value is -2.94. The van der Waals surface area contributed by atoms with Crippen molar-refractivity contribution < 1.29 is 19.2 Å². The molecule has 1 atom stereocenters. The summed E-state index contributed by atoms with van der Waals surface area (Å²) in [4.78, 5) is 38.3. The van der Waals surface area contributed by atoms with Crippen LogP contribution in [0.4, 0.5) is 11.4 Å². The van der Waals surface area contributed by atoms with Gasteiger partial charge >= 0.3 is 5.97 Å². The van der Waals surface area contributed by atoms with Crippen molar-refractivity contribution >= 4 is 34.6 Å². The molecule has 2 heterocycles. The van der Waals surface area contributed by atoms with Gasteiger partial charge in [-0.3, -0.25) is 14.9 Å². The molecule has 0 radical (unpaired) electrons. The summed E-state index contributed by atoms with van der Waals surface area (Å²) in [5.41, 5.74) is 0.433. The fraction of sp³-hybridized carbons (Fsp3) is 0.400. The molecule has 0 saturated carbocycles. The Labute approximate surface area is 172 Å². The van der Waals surface area contributed by atoms with Crippen molar-refractivity contribution in [3.05, 3.63) is 56.3 Å². The highest BCUT2D eigenvalue weighted by atomic mass is 32.1. The molecule has 1 fully saturated rings. The molecule has 9 heteroatoms. The van der Waals surface area contributed by atoms with Crippen molar-refractivity contribution in [3.8, 4) is 0 Å². The van der Waals surface area contributed by atoms with Crippen molar-refractivity contribution in [3.63, 3.8) is 0 Å². The van der Waals surface area contributed by atoms with Crippen LogP contribution in [0.2, 0.25) is 0 Å². The van der Waals surface area contributed by atoms with Crippen LogP contribution < -0.4 is 10.2 Å². The van der Waals surface area contributed by atoms with Gasteiger partial charge in [0.05, 0.1) is 16.5 Å². The Morgan fingerprint density at radius 3 is 2.69 bits per heavy atom. The van der Waals surface area contributed by atoms with Crippen LogP contribution >= 0.6 is 11.3 Å². The summed E-state index contributed by atoms with van der Waals surface area (Å²) in [6.45, 7) is 2.91. The number of carbonyl (C=O) groups excluding carboxylic acids is 2. The van der Waals surface area contributed by atoms with E-state index in [9.17, 15) is 19.7 Å². The van der Waals surface area contributed by atoms with Crippen molar-refractivity contribution in [1.29, 1.82) is 0 Å². The fourth-order valence-electron chi connectivity index (χ4n) is 3.31. The first kappa shape index (κ1) is 20.8. The van der Waals surface area contributed by atoms with E-state index in [0.29, 0.717) is 5.69 Å². The molecule has 1 N–H and O–H groups in total. The second kappa shape index (κ2) is 9.51. The van der Waals surface area contributed by atoms with Gasteiger partial charge in [-0.15, -0.1) is 11.3 Å². The quantitative estimate of drug-likeness (QED) is 0.419. The predicted octanol–water partition coefficient (Wildman–Crippen LogP) is 3.68. The maximum Gasteiger partial charge on any atom is 0.338 e. The lowest BCUT2D eigenvalue weighted by atomic mass is 10.1. The second-order valence-electron chi connectivity index (χ2n) is 6.89. The van der Waals surface area contributed by atoms with Crippen LogP contribution in [-0.4, -0.2) is 36.5 Å². The largest absolute Gasteiger partial charge is 0.452 e. The minimum absolute atomic E-state index is 0.0524. The van der Waals surface area contributed by atoms with E-state index < -0.39 is 23.4 Å². The highest BCUT2D eigenvalue weighted by Gasteiger charge is 2.24. The number of carbonyl (C=O) groups is 2. The van der Waals surface area contributed by atoms with Crippen LogP contribution in [0.1, 0.15) is 47.5 Å². The van der Waals surface area contributed by atoms with Crippen LogP contribution in [0.25, 0.3) is 0 Å². The summed E-state index contributed by atoms with van der Waals surface area (Å²) in [6, 6.07) is 7.92. The molecule has 154 valence electrons. The molecular formula is C20H23N3O5S. The number of nitrogens with zero attached hydrogens (tertiary/aromatic N) is 2. The van der Waals surface area contributed by atoms with Crippen LogP contribution in [-0.2, 0) is 9.53 Å². The van der Waals surface area contributed by atoms with Crippen LogP contribution in [0.5, 0.6) is 0 Å². The summed E-state index contributed by atoms with van der Waals surface area (Å²) in [5, 5.41) is 16.2. The number of rotatable bonds is 7. The number of nitro groups is 1. The molecule has 0 bridgehead atoms. The zero-order valence-electron chi connectivity index (χ0n) is 16.1. The third-order valence-corrected chi connectivity index (χ3v) is 5.84. The van der Waals surface area contributed by atoms with Gasteiger partial charge in [-0.2, -0.15) is 0 Å². The SMILES string of the molecule is C[C@H](NC(=O)COC(=O)c1ccc(N2CCCCC2)c([N+](=O)[O-])c1)c1cccs1. The minimum Gasteiger partial charge on any atom is -0.452 e. The number of thiophene rings is 1. The average molecular weight is 417 g/mol. The number of esters is 1. The Kier molecular flexibility index (Phi) is 6.82. The number of ether oxygens (including phenoxy) is 1. The normalized spacial score (nSPS) is 14.9. The smallest absolute Gasteiger partial charge is 0.338 e. The first-order valence-corrected chi connectivity index (χ1v) is 10.4. The van der Waals surface area contributed by atoms with E-state index >= 15 is 0 Å². The molecule has 1 aromatic carbocycles. The van der Waals surface area contributed by atoms with Gasteiger partial charge in [-0.1, -0.05) is 6.07 Å². The zero-order chi connectivity index (χ0) is 20.8. The van der Waals surface area contributed by atoms with Crippen molar-refractivity contribution in [1.82, 2.24) is 5.32 Å². The van der Waals surface area contributed by atoms with E-state index in [4.69, 9.17) is 4.74 Å². The lowest BCUT2D eigenvalue weighted by Gasteiger charge is -2.28. The van der Waals surface area contributed by atoms with Crippen LogP contribution in [0.15, 0.2) is 35.7 Å². The number of nitrogens with one attached hydrogen (secondary N) is 1. The first-order chi connectivity index (χ1) is 14.0. The third kappa shape index (κ3) is 5.32. The highest BCUT2D eigenvalue weighted by Crippen LogP contribution is 2.31. The molecule has 0 unspecified atom stereocenters. The van der Waals surface area contributed by atoms with Gasteiger partial charge in [0.15, 0.2) is 6.61 Å². The molecule has 29 heavy (non-hydrogen) atoms. The summed E-state index contributed by atoms with van der Waals surface area (Å²) >= 11 is 1.52. The van der Waals surface area contributed by atoms with E-state index in [0.717, 1.165) is 37.2 Å². The monoisotopic (exact) mass is 417 g/mol. The molecule has 0 spiro atoms. The summed E-state index contributed by atoms with van der Waals surface area (Å²) in [7, 11) is 0. The maximum atomic E-state index is 12.3. The topological polar surface area (TPSA) is 102 Å². The van der Waals surface area contributed by atoms with E-state index in [-0.39, 0.29) is 17.3 Å². The summed E-state index contributed by atoms with van der Waals surface area (Å²) < 4.78 is 5.04. The van der Waals surface area contributed by atoms with Gasteiger partial charge in [0.1, 0.15) is 5.69 Å². The van der Waals surface area contributed by atoms with Crippen molar-refractivity contribution in [2.45, 2.75) is 32.2 Å². The lowest BCUT2D eigenvalue weighted by molar-refractivity contribution is -0.384. The summed E-state index contributed by atoms with van der Waals surface area (Å²) in [6.07, 6.45) is 3.09. The van der Waals surface area contributed by atoms with Crippen LogP contribution in [0, 0.1) is 10.1 Å². The number of hydrogen-bond acceptors (Lipinski definition) is 7. The predicted molar refractivity (Wildman–Crippen MR) is 110 cm³/mol. The molecule has 1 aromatic heterocycles. The third-order valence-electron chi connectivity index (χ3n) is 4.79. The Bertz CT molecular complexity index is 878. The second-order valence-corrected chi connectivity index (χ2v) is 7.87. The van der Waals surface area contributed by atoms with Gasteiger partial charge in [0, 0.05) is 24.0 Å². The Morgan fingerprint density at radius 1 is 1.28 bits per heavy atom. The maximum absolute atomic E-state index is 12.3. The van der Waals surface area contributed by atoms with Gasteiger partial charge < -0.3 is 15.0 Å². The minimum atomic E-state index is -0.766. The molecule has 1 amide bonds. The Morgan fingerprint density at radius 2 is 2.03 bits per heavy atom. The first-order valence-electron chi connectivity index (χ1n) is 9.49. The zero-order valence-corrected chi connectivity index (χ0v) is 16.9. The molecule has 1 saturated heterocycles. The number of benzene rings is 1. The van der Waals surface area contributed by atoms with Crippen LogP contribution in [0.3, 0.4) is 0 Å². The van der Waals surface area contributed by atoms with E-state index in [2.05, 4.69) is 5.32 Å². The standard InChI is InChI=1S/C20H23N3O5S/c1-14(18-6-5-11-29-18)21-19(24)13-28-20(25)15-7-8-16(17(12-15)23(26)27)22-9-3-2-4-10-22/h5-8,11-12,14H,2-4,9-10,13H2,1H3,(H,21,24)/t14-/m0/s1. The van der Waals surface area contributed by atoms with Crippen molar-refractivity contribution in [2.24, 2.45) is 0 Å². The van der Waals surface area contributed by atoms with Crippen molar-refractivity contribution in [2.75, 3.05) is 24.6 Å². The Balaban J connectivity index is 1.62. The molecule has 1 aliphatic heterocycles. The molecule has 3 rings (SSSR count). The highest BCUT2D eigenvalue weighted by molar-refractivity contribution is 7.10. The van der Waals surface area contributed by atoms with Gasteiger partial charge in [-0.25, -0.2) is 4.79 Å². The lowest BCUT2D eigenvalue weighted by Crippen LogP contribution is -2.31. The van der Waals surface area contributed by atoms with E-state index in [1.807, 2.05) is 29.3 Å². The van der Waals surface area contributed by atoms with Gasteiger partial charge in [-0.05, 0) is 49.8 Å². The van der Waals surface area contributed by atoms with E-state index in [1.54, 1.807) is 6.07 Å². The van der Waals surface area contributed by atoms with Gasteiger partial charge in [0.2, 0.25) is 0 Å². The molecular weight excluding hydrogens is 394 g/mol. The number of hydrogen-bond donors (Lipinski definition) is 1. The van der Waals surface area contributed by atoms with E-state index in [1.165, 1.54) is 23.5 Å². The molecule has 1 aliphatic rings. The summed E-state index contributed by atoms with van der Waals surface area (Å²) in [5.74, 6) is -1.20. The number of nitro benzene ring substituents is 1. The molecule has 2 aromatic rings. The number of amides is 1. The molecule has 8 nitrogen and oxygen atoms in total. The molecule has 0 aliphatic carbocycles. The van der Waals surface area contributed by atoms with Gasteiger partial charge in [0.25, 0.3) is 11.6 Å². The number of piperidine rings is 1. The fourth-order valence-corrected chi connectivity index (χ4v) is 4.04. The average Bonchev–Trinajstić information content (AvgIpc) is 3.27. The number of anilines is 1.